The van der Waals surface area contributed by atoms with Crippen LogP contribution in [0.15, 0.2) is 77.7 Å². The first kappa shape index (κ1) is 36.0. The molecule has 8 rings (SSSR count). The molecule has 1 amide bonds. The highest BCUT2D eigenvalue weighted by Gasteiger charge is 2.45. The van der Waals surface area contributed by atoms with Crippen molar-refractivity contribution in [3.8, 4) is 16.9 Å². The Kier molecular flexibility index (Phi) is 9.53. The Hall–Kier alpha value is -5.04. The summed E-state index contributed by atoms with van der Waals surface area (Å²) in [5.41, 5.74) is 1.87. The first-order valence-electron chi connectivity index (χ1n) is 18.9. The van der Waals surface area contributed by atoms with Crippen molar-refractivity contribution in [2.45, 2.75) is 68.7 Å². The summed E-state index contributed by atoms with van der Waals surface area (Å²) in [5, 5.41) is 26.5. The summed E-state index contributed by atoms with van der Waals surface area (Å²) >= 11 is 0. The fourth-order valence-corrected chi connectivity index (χ4v) is 8.42. The van der Waals surface area contributed by atoms with E-state index in [1.165, 1.54) is 10.6 Å². The number of methoxy groups -OCH3 is 1. The Morgan fingerprint density at radius 1 is 0.963 bits per heavy atom. The number of carbonyl (C=O) groups is 1. The second-order valence-electron chi connectivity index (χ2n) is 15.4. The molecule has 2 saturated heterocycles. The first-order valence-corrected chi connectivity index (χ1v) is 18.9. The summed E-state index contributed by atoms with van der Waals surface area (Å²) in [7, 11) is 3.28. The Morgan fingerprint density at radius 2 is 1.70 bits per heavy atom. The van der Waals surface area contributed by atoms with Crippen LogP contribution in [-0.4, -0.2) is 93.3 Å². The van der Waals surface area contributed by atoms with Crippen molar-refractivity contribution in [3.63, 3.8) is 0 Å². The zero-order chi connectivity index (χ0) is 37.6. The van der Waals surface area contributed by atoms with E-state index in [0.717, 1.165) is 103 Å². The van der Waals surface area contributed by atoms with Crippen molar-refractivity contribution in [1.29, 1.82) is 0 Å². The van der Waals surface area contributed by atoms with Gasteiger partial charge in [-0.25, -0.2) is 14.8 Å². The number of aliphatic hydroxyl groups is 1. The van der Waals surface area contributed by atoms with E-state index >= 15 is 0 Å². The molecular weight excluding hydrogens is 684 g/mol. The minimum atomic E-state index is -1.30. The number of aryl methyl sites for hydroxylation is 1. The molecule has 12 nitrogen and oxygen atoms in total. The van der Waals surface area contributed by atoms with Gasteiger partial charge in [0.15, 0.2) is 5.60 Å². The number of pyridine rings is 1. The summed E-state index contributed by atoms with van der Waals surface area (Å²) in [5.74, 6) is 1.06. The van der Waals surface area contributed by atoms with Gasteiger partial charge in [-0.15, -0.1) is 0 Å². The lowest BCUT2D eigenvalue weighted by atomic mass is 9.84. The average molecular weight is 733 g/mol. The van der Waals surface area contributed by atoms with E-state index in [4.69, 9.17) is 19.4 Å². The third kappa shape index (κ3) is 6.78. The van der Waals surface area contributed by atoms with Crippen molar-refractivity contribution in [1.82, 2.24) is 24.8 Å². The molecule has 1 atom stereocenters. The number of rotatable bonds is 10. The van der Waals surface area contributed by atoms with Crippen molar-refractivity contribution in [3.05, 3.63) is 94.5 Å². The maximum Gasteiger partial charge on any atom is 0.405 e. The molecule has 3 aromatic carbocycles. The van der Waals surface area contributed by atoms with Crippen LogP contribution in [0, 0.1) is 0 Å². The van der Waals surface area contributed by atoms with Crippen molar-refractivity contribution >= 4 is 33.7 Å². The van der Waals surface area contributed by atoms with E-state index in [1.807, 2.05) is 49.4 Å². The quantitative estimate of drug-likeness (QED) is 0.165. The van der Waals surface area contributed by atoms with Gasteiger partial charge in [0.05, 0.1) is 31.0 Å². The second kappa shape index (κ2) is 14.3. The van der Waals surface area contributed by atoms with Crippen molar-refractivity contribution < 1.29 is 24.5 Å². The highest BCUT2D eigenvalue weighted by molar-refractivity contribution is 5.92. The van der Waals surface area contributed by atoms with Gasteiger partial charge in [-0.3, -0.25) is 4.79 Å². The van der Waals surface area contributed by atoms with Crippen LogP contribution in [-0.2, 0) is 17.4 Å². The molecule has 2 aromatic heterocycles. The summed E-state index contributed by atoms with van der Waals surface area (Å²) in [6.45, 7) is 4.88. The molecule has 12 heteroatoms. The molecule has 54 heavy (non-hydrogen) atoms. The Bertz CT molecular complexity index is 2250. The van der Waals surface area contributed by atoms with E-state index in [1.54, 1.807) is 20.4 Å². The normalized spacial score (nSPS) is 19.1. The molecule has 0 radical (unpaired) electrons. The number of nitrogens with zero attached hydrogens (tertiary/aromatic N) is 5. The van der Waals surface area contributed by atoms with Gasteiger partial charge < -0.3 is 39.4 Å². The van der Waals surface area contributed by atoms with Crippen LogP contribution in [0.25, 0.3) is 32.8 Å². The SMILES string of the molecule is COc1cc(=O)n(C)cc1-c1ccc2nc(N3CCC(N4CCC(C)(NC(=O)O)CC4)CC3)nc(C(CO)(OC3CC3)c3cccc4ccccc34)c2c1. The number of likely N-dealkylation sites (tertiary alicyclic amines) is 1. The number of amides is 1. The number of carboxylic acid groups (broad SMARTS) is 1. The Morgan fingerprint density at radius 3 is 2.41 bits per heavy atom. The van der Waals surface area contributed by atoms with Gasteiger partial charge in [0.25, 0.3) is 5.56 Å². The maximum atomic E-state index is 12.5. The first-order chi connectivity index (χ1) is 26.1. The number of fused-ring (bicyclic) bond motifs is 2. The van der Waals surface area contributed by atoms with Gasteiger partial charge in [0.1, 0.15) is 5.75 Å². The number of nitrogens with one attached hydrogen (secondary N) is 1. The monoisotopic (exact) mass is 732 g/mol. The summed E-state index contributed by atoms with van der Waals surface area (Å²) in [4.78, 5) is 39.2. The van der Waals surface area contributed by atoms with Crippen LogP contribution in [0.2, 0.25) is 0 Å². The highest BCUT2D eigenvalue weighted by atomic mass is 16.5. The van der Waals surface area contributed by atoms with E-state index < -0.39 is 17.2 Å². The zero-order valence-corrected chi connectivity index (χ0v) is 31.1. The Labute approximate surface area is 314 Å². The number of hydrogen-bond donors (Lipinski definition) is 3. The maximum absolute atomic E-state index is 12.5. The predicted octanol–water partition coefficient (Wildman–Crippen LogP) is 5.66. The largest absolute Gasteiger partial charge is 0.496 e. The lowest BCUT2D eigenvalue weighted by Gasteiger charge is -2.45. The molecule has 282 valence electrons. The standard InChI is InChI=1S/C42H48N6O6/c1-41(45-40(51)52)17-21-47(22-18-41)29-15-19-48(20-16-29)39-43-35-14-11-28(33-25-46(2)37(50)24-36(33)53-3)23-32(35)38(44-39)42(26-49,54-30-12-13-30)34-10-6-8-27-7-4-5-9-31(27)34/h4-11,14,23-25,29-30,45,49H,12-13,15-22,26H2,1-3H3,(H,51,52). The number of benzene rings is 3. The van der Waals surface area contributed by atoms with Crippen LogP contribution in [0.1, 0.15) is 56.7 Å². The number of piperidine rings is 2. The summed E-state index contributed by atoms with van der Waals surface area (Å²) in [6, 6.07) is 22.2. The molecular formula is C42H48N6O6. The lowest BCUT2D eigenvalue weighted by molar-refractivity contribution is -0.0662. The molecule has 5 aromatic rings. The molecule has 3 N–H and O–H groups in total. The smallest absolute Gasteiger partial charge is 0.405 e. The third-order valence-electron chi connectivity index (χ3n) is 11.7. The second-order valence-corrected chi connectivity index (χ2v) is 15.4. The van der Waals surface area contributed by atoms with Crippen molar-refractivity contribution in [2.75, 3.05) is 44.8 Å². The summed E-state index contributed by atoms with van der Waals surface area (Å²) in [6.07, 6.45) is 6.00. The van der Waals surface area contributed by atoms with Gasteiger partial charge in [-0.05, 0) is 73.9 Å². The zero-order valence-electron chi connectivity index (χ0n) is 31.1. The van der Waals surface area contributed by atoms with Gasteiger partial charge in [-0.1, -0.05) is 48.5 Å². The molecule has 4 heterocycles. The van der Waals surface area contributed by atoms with E-state index in [2.05, 4.69) is 33.3 Å². The number of aliphatic hydroxyl groups excluding tert-OH is 1. The van der Waals surface area contributed by atoms with E-state index in [-0.39, 0.29) is 18.3 Å². The predicted molar refractivity (Wildman–Crippen MR) is 208 cm³/mol. The molecule has 0 spiro atoms. The van der Waals surface area contributed by atoms with Gasteiger partial charge in [0, 0.05) is 73.6 Å². The molecule has 1 unspecified atom stereocenters. The van der Waals surface area contributed by atoms with Crippen LogP contribution in [0.3, 0.4) is 0 Å². The van der Waals surface area contributed by atoms with E-state index in [9.17, 15) is 19.8 Å². The molecule has 3 aliphatic rings. The molecule has 0 bridgehead atoms. The van der Waals surface area contributed by atoms with Gasteiger partial charge in [0.2, 0.25) is 5.95 Å². The molecule has 1 aliphatic carbocycles. The number of aromatic nitrogens is 3. The topological polar surface area (TPSA) is 142 Å². The van der Waals surface area contributed by atoms with E-state index in [0.29, 0.717) is 23.4 Å². The van der Waals surface area contributed by atoms with Gasteiger partial charge in [-0.2, -0.15) is 0 Å². The Balaban J connectivity index is 1.22. The summed E-state index contributed by atoms with van der Waals surface area (Å²) < 4.78 is 14.2. The highest BCUT2D eigenvalue weighted by Crippen LogP contribution is 2.45. The molecule has 3 fully saturated rings. The fourth-order valence-electron chi connectivity index (χ4n) is 8.42. The average Bonchev–Trinajstić information content (AvgIpc) is 4.01. The van der Waals surface area contributed by atoms with Crippen molar-refractivity contribution in [2.24, 2.45) is 7.05 Å². The lowest BCUT2D eigenvalue weighted by Crippen LogP contribution is -2.56. The molecule has 2 aliphatic heterocycles. The number of hydrogen-bond acceptors (Lipinski definition) is 9. The van der Waals surface area contributed by atoms with Crippen LogP contribution in [0.5, 0.6) is 5.75 Å². The van der Waals surface area contributed by atoms with Crippen LogP contribution < -0.4 is 20.5 Å². The number of ether oxygens (including phenoxy) is 2. The third-order valence-corrected chi connectivity index (χ3v) is 11.7. The van der Waals surface area contributed by atoms with Crippen LogP contribution >= 0.6 is 0 Å². The van der Waals surface area contributed by atoms with Gasteiger partial charge >= 0.3 is 6.09 Å². The minimum absolute atomic E-state index is 0.0237. The molecule has 1 saturated carbocycles. The minimum Gasteiger partial charge on any atom is -0.496 e. The number of anilines is 1. The fraction of sp³-hybridized carbons (Fsp3) is 0.429. The van der Waals surface area contributed by atoms with Crippen LogP contribution in [0.4, 0.5) is 10.7 Å².